The van der Waals surface area contributed by atoms with Crippen LogP contribution in [0, 0.1) is 16.7 Å². The third-order valence-corrected chi connectivity index (χ3v) is 4.54. The highest BCUT2D eigenvalue weighted by atomic mass is 16.1. The summed E-state index contributed by atoms with van der Waals surface area (Å²) >= 11 is 0. The van der Waals surface area contributed by atoms with Gasteiger partial charge in [0.15, 0.2) is 0 Å². The molecule has 1 nitrogen and oxygen atoms in total. The first-order valence-electron chi connectivity index (χ1n) is 5.03. The van der Waals surface area contributed by atoms with Gasteiger partial charge in [-0.15, -0.1) is 0 Å². The molecule has 2 fully saturated rings. The van der Waals surface area contributed by atoms with E-state index in [1.807, 2.05) is 0 Å². The number of carbonyl (C=O) groups excluding carboxylic acids is 1. The zero-order valence-corrected chi connectivity index (χ0v) is 8.31. The maximum Gasteiger partial charge on any atom is 0.134 e. The Morgan fingerprint density at radius 3 is 1.92 bits per heavy atom. The lowest BCUT2D eigenvalue weighted by Crippen LogP contribution is -2.12. The van der Waals surface area contributed by atoms with E-state index in [9.17, 15) is 4.79 Å². The monoisotopic (exact) mass is 166 g/mol. The Labute approximate surface area is 74.5 Å². The lowest BCUT2D eigenvalue weighted by molar-refractivity contribution is -0.119. The Hall–Kier alpha value is -0.330. The van der Waals surface area contributed by atoms with Gasteiger partial charge in [-0.3, -0.25) is 4.79 Å². The average molecular weight is 166 g/mol. The third kappa shape index (κ3) is 0.725. The molecule has 0 amide bonds. The summed E-state index contributed by atoms with van der Waals surface area (Å²) in [5.41, 5.74) is 0.744. The number of carbonyl (C=O) groups is 1. The second-order valence-corrected chi connectivity index (χ2v) is 5.09. The van der Waals surface area contributed by atoms with Crippen LogP contribution in [0.25, 0.3) is 0 Å². The molecule has 0 N–H and O–H groups in total. The van der Waals surface area contributed by atoms with Crippen LogP contribution in [-0.2, 0) is 4.79 Å². The minimum atomic E-state index is 0.372. The molecule has 0 aromatic rings. The molecule has 2 rings (SSSR count). The van der Waals surface area contributed by atoms with Gasteiger partial charge in [0.2, 0.25) is 0 Å². The summed E-state index contributed by atoms with van der Waals surface area (Å²) in [7, 11) is 0. The number of Topliss-reactive ketones (excluding diaryl/α,β-unsaturated/α-hetero) is 1. The molecule has 0 aliphatic heterocycles. The van der Waals surface area contributed by atoms with Gasteiger partial charge >= 0.3 is 0 Å². The van der Waals surface area contributed by atoms with E-state index in [2.05, 4.69) is 13.8 Å². The lowest BCUT2D eigenvalue weighted by Gasteiger charge is -2.23. The van der Waals surface area contributed by atoms with Gasteiger partial charge < -0.3 is 0 Å². The second-order valence-electron chi connectivity index (χ2n) is 5.09. The lowest BCUT2D eigenvalue weighted by atomic mass is 9.82. The van der Waals surface area contributed by atoms with Gasteiger partial charge in [0.05, 0.1) is 0 Å². The summed E-state index contributed by atoms with van der Waals surface area (Å²) in [4.78, 5) is 11.4. The van der Waals surface area contributed by atoms with Gasteiger partial charge in [-0.1, -0.05) is 26.7 Å². The highest BCUT2D eigenvalue weighted by Gasteiger charge is 2.72. The van der Waals surface area contributed by atoms with Crippen LogP contribution in [-0.4, -0.2) is 5.78 Å². The fourth-order valence-corrected chi connectivity index (χ4v) is 3.70. The summed E-state index contributed by atoms with van der Waals surface area (Å²) in [6.07, 6.45) is 5.20. The number of hydrogen-bond donors (Lipinski definition) is 0. The minimum Gasteiger partial charge on any atom is -0.300 e. The van der Waals surface area contributed by atoms with E-state index in [0.717, 1.165) is 0 Å². The van der Waals surface area contributed by atoms with Crippen molar-refractivity contribution in [3.8, 4) is 0 Å². The minimum absolute atomic E-state index is 0.372. The van der Waals surface area contributed by atoms with Gasteiger partial charge in [-0.25, -0.2) is 0 Å². The fourth-order valence-electron chi connectivity index (χ4n) is 3.70. The van der Waals surface area contributed by atoms with Crippen molar-refractivity contribution in [1.82, 2.24) is 0 Å². The number of hydrogen-bond acceptors (Lipinski definition) is 1. The first-order chi connectivity index (χ1) is 5.52. The standard InChI is InChI=1S/C11H18O/c1-8(12)9-10(2)6-4-5-7-11(9,10)3/h9H,4-7H2,1-3H3. The van der Waals surface area contributed by atoms with Crippen LogP contribution in [0.5, 0.6) is 0 Å². The molecule has 2 saturated carbocycles. The molecular weight excluding hydrogens is 148 g/mol. The first-order valence-corrected chi connectivity index (χ1v) is 5.03. The zero-order chi connectivity index (χ0) is 8.98. The van der Waals surface area contributed by atoms with E-state index in [-0.39, 0.29) is 0 Å². The van der Waals surface area contributed by atoms with Gasteiger partial charge in [-0.2, -0.15) is 0 Å². The predicted octanol–water partition coefficient (Wildman–Crippen LogP) is 2.79. The van der Waals surface area contributed by atoms with Crippen LogP contribution in [0.2, 0.25) is 0 Å². The third-order valence-electron chi connectivity index (χ3n) is 4.54. The topological polar surface area (TPSA) is 17.1 Å². The Balaban J connectivity index is 2.26. The molecule has 0 bridgehead atoms. The van der Waals surface area contributed by atoms with Gasteiger partial charge in [-0.05, 0) is 30.6 Å². The molecule has 2 atom stereocenters. The van der Waals surface area contributed by atoms with E-state index < -0.39 is 0 Å². The highest BCUT2D eigenvalue weighted by molar-refractivity contribution is 5.84. The molecule has 12 heavy (non-hydrogen) atoms. The smallest absolute Gasteiger partial charge is 0.134 e. The molecule has 0 aromatic carbocycles. The maximum absolute atomic E-state index is 11.4. The SMILES string of the molecule is CC(=O)C1C2(C)CCCCC12C. The number of rotatable bonds is 1. The Morgan fingerprint density at radius 2 is 1.58 bits per heavy atom. The van der Waals surface area contributed by atoms with Gasteiger partial charge in [0.25, 0.3) is 0 Å². The number of fused-ring (bicyclic) bond motifs is 1. The van der Waals surface area contributed by atoms with E-state index in [1.54, 1.807) is 6.92 Å². The first kappa shape index (κ1) is 8.28. The molecule has 2 aliphatic rings. The predicted molar refractivity (Wildman–Crippen MR) is 48.9 cm³/mol. The van der Waals surface area contributed by atoms with Crippen LogP contribution < -0.4 is 0 Å². The van der Waals surface area contributed by atoms with Crippen molar-refractivity contribution in [3.63, 3.8) is 0 Å². The molecule has 2 unspecified atom stereocenters. The Morgan fingerprint density at radius 1 is 1.17 bits per heavy atom. The van der Waals surface area contributed by atoms with Crippen molar-refractivity contribution in [2.75, 3.05) is 0 Å². The van der Waals surface area contributed by atoms with Crippen LogP contribution in [0.1, 0.15) is 46.5 Å². The molecule has 0 spiro atoms. The Bertz CT molecular complexity index is 215. The van der Waals surface area contributed by atoms with Crippen molar-refractivity contribution < 1.29 is 4.79 Å². The normalized spacial score (nSPS) is 51.4. The molecular formula is C11H18O. The molecule has 2 aliphatic carbocycles. The maximum atomic E-state index is 11.4. The summed E-state index contributed by atoms with van der Waals surface area (Å²) < 4.78 is 0. The zero-order valence-electron chi connectivity index (χ0n) is 8.31. The Kier molecular flexibility index (Phi) is 1.47. The van der Waals surface area contributed by atoms with Crippen LogP contribution in [0.3, 0.4) is 0 Å². The fraction of sp³-hybridized carbons (Fsp3) is 0.909. The van der Waals surface area contributed by atoms with Crippen molar-refractivity contribution in [2.45, 2.75) is 46.5 Å². The average Bonchev–Trinajstić information content (AvgIpc) is 2.47. The molecule has 0 radical (unpaired) electrons. The quantitative estimate of drug-likeness (QED) is 0.585. The number of ketones is 1. The summed E-state index contributed by atoms with van der Waals surface area (Å²) in [5.74, 6) is 0.800. The molecule has 0 heterocycles. The summed E-state index contributed by atoms with van der Waals surface area (Å²) in [6, 6.07) is 0. The van der Waals surface area contributed by atoms with Crippen molar-refractivity contribution in [3.05, 3.63) is 0 Å². The second kappa shape index (κ2) is 2.12. The largest absolute Gasteiger partial charge is 0.300 e. The van der Waals surface area contributed by atoms with Crippen LogP contribution in [0.4, 0.5) is 0 Å². The van der Waals surface area contributed by atoms with Crippen LogP contribution in [0.15, 0.2) is 0 Å². The van der Waals surface area contributed by atoms with E-state index in [4.69, 9.17) is 0 Å². The molecule has 68 valence electrons. The van der Waals surface area contributed by atoms with E-state index in [0.29, 0.717) is 22.5 Å². The van der Waals surface area contributed by atoms with Crippen molar-refractivity contribution in [2.24, 2.45) is 16.7 Å². The highest BCUT2D eigenvalue weighted by Crippen LogP contribution is 2.75. The van der Waals surface area contributed by atoms with E-state index in [1.165, 1.54) is 25.7 Å². The van der Waals surface area contributed by atoms with Crippen molar-refractivity contribution >= 4 is 5.78 Å². The van der Waals surface area contributed by atoms with Crippen molar-refractivity contribution in [1.29, 1.82) is 0 Å². The van der Waals surface area contributed by atoms with Crippen LogP contribution >= 0.6 is 0 Å². The molecule has 1 heteroatoms. The molecule has 0 saturated heterocycles. The molecule has 0 aromatic heterocycles. The summed E-state index contributed by atoms with van der Waals surface area (Å²) in [6.45, 7) is 6.37. The van der Waals surface area contributed by atoms with Gasteiger partial charge in [0.1, 0.15) is 5.78 Å². The summed E-state index contributed by atoms with van der Waals surface area (Å²) in [5, 5.41) is 0. The van der Waals surface area contributed by atoms with Gasteiger partial charge in [0, 0.05) is 5.92 Å². The van der Waals surface area contributed by atoms with E-state index >= 15 is 0 Å².